The van der Waals surface area contributed by atoms with E-state index in [1.54, 1.807) is 6.33 Å². The van der Waals surface area contributed by atoms with Gasteiger partial charge in [0.15, 0.2) is 5.16 Å². The van der Waals surface area contributed by atoms with Gasteiger partial charge in [-0.05, 0) is 43.4 Å². The summed E-state index contributed by atoms with van der Waals surface area (Å²) in [5.74, 6) is 1.28. The van der Waals surface area contributed by atoms with Crippen LogP contribution in [0.5, 0.6) is 0 Å². The Hall–Kier alpha value is -1.53. The largest absolute Gasteiger partial charge is 0.341 e. The summed E-state index contributed by atoms with van der Waals surface area (Å²) in [7, 11) is 0. The Morgan fingerprint density at radius 1 is 1.32 bits per heavy atom. The minimum atomic E-state index is -0.209. The number of nitrogens with zero attached hydrogens (tertiary/aromatic N) is 4. The Balaban J connectivity index is 1.72. The van der Waals surface area contributed by atoms with Gasteiger partial charge in [0, 0.05) is 18.1 Å². The molecule has 1 aliphatic heterocycles. The van der Waals surface area contributed by atoms with Crippen LogP contribution in [0.1, 0.15) is 27.2 Å². The van der Waals surface area contributed by atoms with Crippen LogP contribution in [0.3, 0.4) is 0 Å². The molecule has 1 saturated heterocycles. The second-order valence-electron chi connectivity index (χ2n) is 6.91. The lowest BCUT2D eigenvalue weighted by molar-refractivity contribution is -0.132. The molecule has 1 fully saturated rings. The number of hydrogen-bond acceptors (Lipinski definition) is 4. The second kappa shape index (κ2) is 7.79. The smallest absolute Gasteiger partial charge is 0.235 e. The van der Waals surface area contributed by atoms with E-state index >= 15 is 0 Å². The summed E-state index contributed by atoms with van der Waals surface area (Å²) in [6.45, 7) is 8.05. The topological polar surface area (TPSA) is 51.0 Å². The van der Waals surface area contributed by atoms with Gasteiger partial charge in [-0.15, -0.1) is 10.2 Å². The second-order valence-corrected chi connectivity index (χ2v) is 8.66. The van der Waals surface area contributed by atoms with Crippen LogP contribution in [0.2, 0.25) is 5.02 Å². The van der Waals surface area contributed by atoms with E-state index in [4.69, 9.17) is 11.6 Å². The summed E-state index contributed by atoms with van der Waals surface area (Å²) in [4.78, 5) is 14.8. The molecule has 0 radical (unpaired) electrons. The molecule has 1 aliphatic rings. The molecule has 1 amide bonds. The molecule has 0 spiro atoms. The number of aromatic nitrogens is 3. The Bertz CT molecular complexity index is 740. The van der Waals surface area contributed by atoms with E-state index in [0.29, 0.717) is 22.0 Å². The standard InChI is InChI=1S/C18H23ClN4OS/c1-12-7-13(2)10-22(9-12)17(24)14(3)25-18-21-20-11-23(18)16-6-4-5-15(19)8-16/h4-6,8,11-14H,7,9-10H2,1-3H3. The van der Waals surface area contributed by atoms with Gasteiger partial charge in [-0.2, -0.15) is 0 Å². The minimum Gasteiger partial charge on any atom is -0.341 e. The molecule has 1 aromatic heterocycles. The SMILES string of the molecule is CC1CC(C)CN(C(=O)C(C)Sc2nncn2-c2cccc(Cl)c2)C1. The number of carbonyl (C=O) groups is 1. The fraction of sp³-hybridized carbons (Fsp3) is 0.500. The summed E-state index contributed by atoms with van der Waals surface area (Å²) in [5.41, 5.74) is 0.889. The van der Waals surface area contributed by atoms with Crippen LogP contribution in [0.4, 0.5) is 0 Å². The van der Waals surface area contributed by atoms with Crippen molar-refractivity contribution in [1.82, 2.24) is 19.7 Å². The van der Waals surface area contributed by atoms with Gasteiger partial charge in [-0.3, -0.25) is 9.36 Å². The van der Waals surface area contributed by atoms with Crippen LogP contribution in [-0.2, 0) is 4.79 Å². The lowest BCUT2D eigenvalue weighted by Crippen LogP contribution is -2.45. The van der Waals surface area contributed by atoms with Crippen LogP contribution in [-0.4, -0.2) is 43.9 Å². The predicted molar refractivity (Wildman–Crippen MR) is 101 cm³/mol. The number of likely N-dealkylation sites (tertiary alicyclic amines) is 1. The van der Waals surface area contributed by atoms with E-state index < -0.39 is 0 Å². The van der Waals surface area contributed by atoms with E-state index in [9.17, 15) is 4.79 Å². The Labute approximate surface area is 157 Å². The molecule has 134 valence electrons. The fourth-order valence-electron chi connectivity index (χ4n) is 3.42. The highest BCUT2D eigenvalue weighted by atomic mass is 35.5. The van der Waals surface area contributed by atoms with Crippen LogP contribution in [0.15, 0.2) is 35.7 Å². The molecule has 0 N–H and O–H groups in total. The van der Waals surface area contributed by atoms with Crippen molar-refractivity contribution in [3.8, 4) is 5.69 Å². The molecule has 0 aliphatic carbocycles. The monoisotopic (exact) mass is 378 g/mol. The number of carbonyl (C=O) groups excluding carboxylic acids is 1. The number of hydrogen-bond donors (Lipinski definition) is 0. The zero-order valence-corrected chi connectivity index (χ0v) is 16.3. The van der Waals surface area contributed by atoms with Crippen LogP contribution in [0, 0.1) is 11.8 Å². The minimum absolute atomic E-state index is 0.170. The zero-order valence-electron chi connectivity index (χ0n) is 14.7. The maximum absolute atomic E-state index is 12.8. The molecule has 1 aromatic carbocycles. The van der Waals surface area contributed by atoms with Gasteiger partial charge in [0.2, 0.25) is 5.91 Å². The number of rotatable bonds is 4. The number of amides is 1. The third-order valence-electron chi connectivity index (χ3n) is 4.41. The van der Waals surface area contributed by atoms with Gasteiger partial charge in [-0.1, -0.05) is 43.3 Å². The van der Waals surface area contributed by atoms with Gasteiger partial charge in [0.25, 0.3) is 0 Å². The molecular weight excluding hydrogens is 356 g/mol. The van der Waals surface area contributed by atoms with Gasteiger partial charge in [-0.25, -0.2) is 0 Å². The van der Waals surface area contributed by atoms with Crippen molar-refractivity contribution in [2.24, 2.45) is 11.8 Å². The van der Waals surface area contributed by atoms with Crippen LogP contribution >= 0.6 is 23.4 Å². The van der Waals surface area contributed by atoms with Crippen molar-refractivity contribution in [2.75, 3.05) is 13.1 Å². The van der Waals surface area contributed by atoms with E-state index in [0.717, 1.165) is 18.8 Å². The van der Waals surface area contributed by atoms with Crippen molar-refractivity contribution >= 4 is 29.3 Å². The maximum atomic E-state index is 12.8. The highest BCUT2D eigenvalue weighted by Crippen LogP contribution is 2.28. The summed E-state index contributed by atoms with van der Waals surface area (Å²) in [5, 5.41) is 9.33. The zero-order chi connectivity index (χ0) is 18.0. The Kier molecular flexibility index (Phi) is 5.69. The summed E-state index contributed by atoms with van der Waals surface area (Å²) in [6, 6.07) is 7.51. The number of thioether (sulfide) groups is 1. The average molecular weight is 379 g/mol. The van der Waals surface area contributed by atoms with Crippen molar-refractivity contribution in [2.45, 2.75) is 37.6 Å². The molecule has 25 heavy (non-hydrogen) atoms. The highest BCUT2D eigenvalue weighted by Gasteiger charge is 2.29. The van der Waals surface area contributed by atoms with Crippen molar-refractivity contribution in [3.05, 3.63) is 35.6 Å². The van der Waals surface area contributed by atoms with Crippen molar-refractivity contribution in [3.63, 3.8) is 0 Å². The fourth-order valence-corrected chi connectivity index (χ4v) is 4.53. The first-order valence-corrected chi connectivity index (χ1v) is 9.81. The molecular formula is C18H23ClN4OS. The number of halogens is 1. The first kappa shape index (κ1) is 18.3. The van der Waals surface area contributed by atoms with Gasteiger partial charge in [0.05, 0.1) is 10.9 Å². The highest BCUT2D eigenvalue weighted by molar-refractivity contribution is 8.00. The maximum Gasteiger partial charge on any atom is 0.235 e. The third-order valence-corrected chi connectivity index (χ3v) is 5.69. The molecule has 3 rings (SSSR count). The van der Waals surface area contributed by atoms with Crippen molar-refractivity contribution in [1.29, 1.82) is 0 Å². The van der Waals surface area contributed by atoms with E-state index in [1.807, 2.05) is 40.7 Å². The lowest BCUT2D eigenvalue weighted by Gasteiger charge is -2.36. The summed E-state index contributed by atoms with van der Waals surface area (Å²) < 4.78 is 1.86. The number of benzene rings is 1. The van der Waals surface area contributed by atoms with Crippen LogP contribution < -0.4 is 0 Å². The Morgan fingerprint density at radius 2 is 2.04 bits per heavy atom. The normalized spacial score (nSPS) is 22.0. The molecule has 0 saturated carbocycles. The summed E-state index contributed by atoms with van der Waals surface area (Å²) in [6.07, 6.45) is 2.84. The van der Waals surface area contributed by atoms with Crippen molar-refractivity contribution < 1.29 is 4.79 Å². The molecule has 7 heteroatoms. The molecule has 3 atom stereocenters. The number of piperidine rings is 1. The van der Waals surface area contributed by atoms with Gasteiger partial charge < -0.3 is 4.90 Å². The van der Waals surface area contributed by atoms with E-state index in [-0.39, 0.29) is 11.2 Å². The average Bonchev–Trinajstić information content (AvgIpc) is 3.01. The molecule has 2 heterocycles. The quantitative estimate of drug-likeness (QED) is 0.757. The Morgan fingerprint density at radius 3 is 2.72 bits per heavy atom. The molecule has 2 aromatic rings. The third kappa shape index (κ3) is 4.36. The molecule has 5 nitrogen and oxygen atoms in total. The lowest BCUT2D eigenvalue weighted by atomic mass is 9.92. The van der Waals surface area contributed by atoms with Gasteiger partial charge in [0.1, 0.15) is 6.33 Å². The van der Waals surface area contributed by atoms with E-state index in [2.05, 4.69) is 24.0 Å². The summed E-state index contributed by atoms with van der Waals surface area (Å²) >= 11 is 7.51. The van der Waals surface area contributed by atoms with Gasteiger partial charge >= 0.3 is 0 Å². The molecule has 0 bridgehead atoms. The van der Waals surface area contributed by atoms with E-state index in [1.165, 1.54) is 18.2 Å². The predicted octanol–water partition coefficient (Wildman–Crippen LogP) is 3.91. The van der Waals surface area contributed by atoms with Crippen LogP contribution in [0.25, 0.3) is 5.69 Å². The molecule has 3 unspecified atom stereocenters. The first-order valence-electron chi connectivity index (χ1n) is 8.55. The first-order chi connectivity index (χ1) is 11.9.